The molecule has 0 bridgehead atoms. The number of pyridine rings is 1. The zero-order valence-electron chi connectivity index (χ0n) is 6.17. The molecule has 1 aliphatic heterocycles. The van der Waals surface area contributed by atoms with Gasteiger partial charge in [-0.05, 0) is 18.6 Å². The molecule has 1 aromatic heterocycles. The number of hydrogen-bond acceptors (Lipinski definition) is 2. The van der Waals surface area contributed by atoms with Crippen LogP contribution in [-0.4, -0.2) is 4.98 Å². The second-order valence-electron chi connectivity index (χ2n) is 2.66. The molecule has 1 aliphatic rings. The molecule has 2 heterocycles. The van der Waals surface area contributed by atoms with E-state index in [1.807, 2.05) is 13.0 Å². The molecule has 0 saturated heterocycles. The minimum Gasteiger partial charge on any atom is -0.369 e. The third-order valence-corrected chi connectivity index (χ3v) is 2.12. The molecule has 11 heavy (non-hydrogen) atoms. The van der Waals surface area contributed by atoms with Crippen molar-refractivity contribution in [3.8, 4) is 0 Å². The van der Waals surface area contributed by atoms with E-state index in [0.717, 1.165) is 11.1 Å². The Balaban J connectivity index is 2.50. The molecule has 0 aliphatic carbocycles. The smallest absolute Gasteiger partial charge is 0.129 e. The highest BCUT2D eigenvalue weighted by atomic mass is 35.5. The molecule has 3 heteroatoms. The second-order valence-corrected chi connectivity index (χ2v) is 3.05. The van der Waals surface area contributed by atoms with Gasteiger partial charge in [0.15, 0.2) is 0 Å². The molecule has 0 spiro atoms. The minimum atomic E-state index is 0.176. The Hall–Kier alpha value is -0.600. The van der Waals surface area contributed by atoms with Crippen LogP contribution < -0.4 is 0 Å². The predicted octanol–water partition coefficient (Wildman–Crippen LogP) is 2.33. The van der Waals surface area contributed by atoms with Crippen LogP contribution in [0.15, 0.2) is 12.3 Å². The van der Waals surface area contributed by atoms with Gasteiger partial charge in [0.05, 0.1) is 12.7 Å². The first-order chi connectivity index (χ1) is 5.27. The lowest BCUT2D eigenvalue weighted by Gasteiger charge is -2.00. The summed E-state index contributed by atoms with van der Waals surface area (Å²) in [4.78, 5) is 3.99. The Morgan fingerprint density at radius 1 is 1.73 bits per heavy atom. The molecular weight excluding hydrogens is 162 g/mol. The van der Waals surface area contributed by atoms with Gasteiger partial charge in [-0.15, -0.1) is 0 Å². The summed E-state index contributed by atoms with van der Waals surface area (Å²) in [5.74, 6) is 0. The average molecular weight is 170 g/mol. The molecule has 0 aromatic carbocycles. The summed E-state index contributed by atoms with van der Waals surface area (Å²) in [7, 11) is 0. The van der Waals surface area contributed by atoms with Crippen LogP contribution in [0.1, 0.15) is 24.2 Å². The second kappa shape index (κ2) is 2.47. The third kappa shape index (κ3) is 1.12. The van der Waals surface area contributed by atoms with Crippen molar-refractivity contribution in [2.75, 3.05) is 0 Å². The SMILES string of the molecule is CC1OCc2cc(Cl)ncc21. The highest BCUT2D eigenvalue weighted by molar-refractivity contribution is 6.29. The van der Waals surface area contributed by atoms with Crippen LogP contribution in [-0.2, 0) is 11.3 Å². The summed E-state index contributed by atoms with van der Waals surface area (Å²) in [6.07, 6.45) is 1.96. The maximum Gasteiger partial charge on any atom is 0.129 e. The maximum atomic E-state index is 5.70. The van der Waals surface area contributed by atoms with Crippen LogP contribution in [0.2, 0.25) is 5.15 Å². The molecule has 0 radical (unpaired) electrons. The number of hydrogen-bond donors (Lipinski definition) is 0. The van der Waals surface area contributed by atoms with Crippen molar-refractivity contribution in [2.45, 2.75) is 19.6 Å². The number of halogens is 1. The molecule has 2 rings (SSSR count). The normalized spacial score (nSPS) is 21.8. The van der Waals surface area contributed by atoms with Crippen LogP contribution in [0.3, 0.4) is 0 Å². The summed E-state index contributed by atoms with van der Waals surface area (Å²) in [6, 6.07) is 1.86. The first-order valence-corrected chi connectivity index (χ1v) is 3.91. The maximum absolute atomic E-state index is 5.70. The van der Waals surface area contributed by atoms with E-state index in [0.29, 0.717) is 11.8 Å². The van der Waals surface area contributed by atoms with Crippen molar-refractivity contribution in [2.24, 2.45) is 0 Å². The molecule has 2 nitrogen and oxygen atoms in total. The molecule has 1 atom stereocenters. The standard InChI is InChI=1S/C8H8ClNO/c1-5-7-3-10-8(9)2-6(7)4-11-5/h2-3,5H,4H2,1H3. The summed E-state index contributed by atoms with van der Waals surface area (Å²) < 4.78 is 5.38. The van der Waals surface area contributed by atoms with E-state index in [1.54, 1.807) is 6.20 Å². The summed E-state index contributed by atoms with van der Waals surface area (Å²) in [5.41, 5.74) is 2.33. The third-order valence-electron chi connectivity index (χ3n) is 1.92. The molecule has 58 valence electrons. The fourth-order valence-electron chi connectivity index (χ4n) is 1.27. The Labute approximate surface area is 70.2 Å². The quantitative estimate of drug-likeness (QED) is 0.556. The van der Waals surface area contributed by atoms with Crippen LogP contribution >= 0.6 is 11.6 Å². The van der Waals surface area contributed by atoms with Crippen molar-refractivity contribution in [3.05, 3.63) is 28.5 Å². The fourth-order valence-corrected chi connectivity index (χ4v) is 1.45. The topological polar surface area (TPSA) is 22.1 Å². The van der Waals surface area contributed by atoms with Gasteiger partial charge in [0.25, 0.3) is 0 Å². The van der Waals surface area contributed by atoms with E-state index in [9.17, 15) is 0 Å². The summed E-state index contributed by atoms with van der Waals surface area (Å²) in [6.45, 7) is 2.68. The van der Waals surface area contributed by atoms with Gasteiger partial charge >= 0.3 is 0 Å². The molecule has 1 unspecified atom stereocenters. The lowest BCUT2D eigenvalue weighted by Crippen LogP contribution is -1.88. The molecule has 0 amide bonds. The highest BCUT2D eigenvalue weighted by Gasteiger charge is 2.19. The minimum absolute atomic E-state index is 0.176. The van der Waals surface area contributed by atoms with Gasteiger partial charge in [0.1, 0.15) is 5.15 Å². The van der Waals surface area contributed by atoms with Gasteiger partial charge in [0, 0.05) is 11.8 Å². The monoisotopic (exact) mass is 169 g/mol. The van der Waals surface area contributed by atoms with Crippen LogP contribution in [0, 0.1) is 0 Å². The molecule has 0 fully saturated rings. The van der Waals surface area contributed by atoms with E-state index >= 15 is 0 Å². The Morgan fingerprint density at radius 2 is 2.55 bits per heavy atom. The van der Waals surface area contributed by atoms with Crippen LogP contribution in [0.4, 0.5) is 0 Å². The van der Waals surface area contributed by atoms with Crippen molar-refractivity contribution >= 4 is 11.6 Å². The number of fused-ring (bicyclic) bond motifs is 1. The van der Waals surface area contributed by atoms with E-state index < -0.39 is 0 Å². The van der Waals surface area contributed by atoms with Crippen molar-refractivity contribution in [3.63, 3.8) is 0 Å². The largest absolute Gasteiger partial charge is 0.369 e. The zero-order chi connectivity index (χ0) is 7.84. The summed E-state index contributed by atoms with van der Waals surface area (Å²) in [5, 5.41) is 0.543. The lowest BCUT2D eigenvalue weighted by atomic mass is 10.1. The summed E-state index contributed by atoms with van der Waals surface area (Å²) >= 11 is 5.70. The molecule has 1 aromatic rings. The zero-order valence-corrected chi connectivity index (χ0v) is 6.93. The van der Waals surface area contributed by atoms with Gasteiger partial charge in [-0.25, -0.2) is 4.98 Å². The van der Waals surface area contributed by atoms with Crippen molar-refractivity contribution in [1.29, 1.82) is 0 Å². The highest BCUT2D eigenvalue weighted by Crippen LogP contribution is 2.30. The first kappa shape index (κ1) is 7.07. The molecule has 0 saturated carbocycles. The fraction of sp³-hybridized carbons (Fsp3) is 0.375. The number of rotatable bonds is 0. The molecule has 0 N–H and O–H groups in total. The lowest BCUT2D eigenvalue weighted by molar-refractivity contribution is 0.0795. The van der Waals surface area contributed by atoms with Crippen LogP contribution in [0.25, 0.3) is 0 Å². The van der Waals surface area contributed by atoms with Crippen molar-refractivity contribution < 1.29 is 4.74 Å². The van der Waals surface area contributed by atoms with Gasteiger partial charge in [0.2, 0.25) is 0 Å². The molecular formula is C8H8ClNO. The predicted molar refractivity (Wildman–Crippen MR) is 42.5 cm³/mol. The number of ether oxygens (including phenoxy) is 1. The van der Waals surface area contributed by atoms with Gasteiger partial charge in [-0.2, -0.15) is 0 Å². The van der Waals surface area contributed by atoms with E-state index in [-0.39, 0.29) is 6.10 Å². The average Bonchev–Trinajstić information content (AvgIpc) is 2.32. The van der Waals surface area contributed by atoms with E-state index in [4.69, 9.17) is 16.3 Å². The Morgan fingerprint density at radius 3 is 3.36 bits per heavy atom. The van der Waals surface area contributed by atoms with E-state index in [2.05, 4.69) is 4.98 Å². The number of aromatic nitrogens is 1. The van der Waals surface area contributed by atoms with E-state index in [1.165, 1.54) is 0 Å². The Kier molecular flexibility index (Phi) is 1.59. The van der Waals surface area contributed by atoms with Gasteiger partial charge in [-0.1, -0.05) is 11.6 Å². The van der Waals surface area contributed by atoms with Crippen LogP contribution in [0.5, 0.6) is 0 Å². The van der Waals surface area contributed by atoms with Gasteiger partial charge in [-0.3, -0.25) is 0 Å². The van der Waals surface area contributed by atoms with Gasteiger partial charge < -0.3 is 4.74 Å². The number of nitrogens with zero attached hydrogens (tertiary/aromatic N) is 1. The Bertz CT molecular complexity index is 287. The van der Waals surface area contributed by atoms with Crippen molar-refractivity contribution in [1.82, 2.24) is 4.98 Å². The first-order valence-electron chi connectivity index (χ1n) is 3.53.